The van der Waals surface area contributed by atoms with Crippen LogP contribution in [0, 0.1) is 25.2 Å². The molecule has 1 amide bonds. The number of anilines is 1. The maximum atomic E-state index is 12.7. The Labute approximate surface area is 165 Å². The quantitative estimate of drug-likeness (QED) is 0.483. The van der Waals surface area contributed by atoms with Gasteiger partial charge in [-0.1, -0.05) is 48.5 Å². The van der Waals surface area contributed by atoms with Gasteiger partial charge >= 0.3 is 0 Å². The van der Waals surface area contributed by atoms with E-state index in [0.717, 1.165) is 38.9 Å². The highest BCUT2D eigenvalue weighted by atomic mass is 16.5. The van der Waals surface area contributed by atoms with Crippen molar-refractivity contribution in [2.24, 2.45) is 0 Å². The number of amides is 1. The molecule has 0 radical (unpaired) electrons. The van der Waals surface area contributed by atoms with Crippen LogP contribution in [0.25, 0.3) is 16.8 Å². The molecule has 3 aromatic rings. The lowest BCUT2D eigenvalue weighted by Crippen LogP contribution is -2.15. The van der Waals surface area contributed by atoms with Crippen LogP contribution in [0.3, 0.4) is 0 Å². The van der Waals surface area contributed by atoms with E-state index in [9.17, 15) is 10.1 Å². The average Bonchev–Trinajstić information content (AvgIpc) is 2.70. The van der Waals surface area contributed by atoms with Crippen LogP contribution in [-0.4, -0.2) is 12.5 Å². The number of hydrogen-bond acceptors (Lipinski definition) is 3. The Bertz CT molecular complexity index is 1090. The summed E-state index contributed by atoms with van der Waals surface area (Å²) in [7, 11) is 0. The van der Waals surface area contributed by atoms with Gasteiger partial charge in [-0.05, 0) is 55.0 Å². The maximum absolute atomic E-state index is 12.7. The predicted molar refractivity (Wildman–Crippen MR) is 113 cm³/mol. The van der Waals surface area contributed by atoms with Crippen molar-refractivity contribution in [3.8, 4) is 11.8 Å². The number of rotatable bonds is 5. The van der Waals surface area contributed by atoms with Crippen molar-refractivity contribution in [2.45, 2.75) is 20.8 Å². The van der Waals surface area contributed by atoms with Crippen LogP contribution in [0.2, 0.25) is 0 Å². The third-order valence-electron chi connectivity index (χ3n) is 4.60. The van der Waals surface area contributed by atoms with E-state index in [4.69, 9.17) is 4.74 Å². The van der Waals surface area contributed by atoms with E-state index in [1.807, 2.05) is 81.4 Å². The van der Waals surface area contributed by atoms with Gasteiger partial charge in [0.1, 0.15) is 17.4 Å². The standard InChI is InChI=1S/C24H22N2O2/c1-4-28-22-13-12-18(20-10-5-6-11-21(20)22)14-19(15-25)24(27)26-23-16(2)8-7-9-17(23)3/h5-14H,4H2,1-3H3,(H,26,27)/b19-14-. The van der Waals surface area contributed by atoms with Gasteiger partial charge in [-0.3, -0.25) is 4.79 Å². The van der Waals surface area contributed by atoms with E-state index < -0.39 is 5.91 Å². The van der Waals surface area contributed by atoms with E-state index in [2.05, 4.69) is 5.32 Å². The van der Waals surface area contributed by atoms with Gasteiger partial charge in [0.15, 0.2) is 0 Å². The van der Waals surface area contributed by atoms with Gasteiger partial charge in [-0.2, -0.15) is 5.26 Å². The highest BCUT2D eigenvalue weighted by molar-refractivity contribution is 6.11. The van der Waals surface area contributed by atoms with Gasteiger partial charge < -0.3 is 10.1 Å². The van der Waals surface area contributed by atoms with Gasteiger partial charge in [0, 0.05) is 11.1 Å². The molecule has 0 aliphatic heterocycles. The molecule has 3 aromatic carbocycles. The summed E-state index contributed by atoms with van der Waals surface area (Å²) in [5.41, 5.74) is 3.50. The number of nitrogens with one attached hydrogen (secondary N) is 1. The van der Waals surface area contributed by atoms with E-state index in [0.29, 0.717) is 6.61 Å². The molecule has 0 aliphatic carbocycles. The first kappa shape index (κ1) is 19.2. The first-order chi connectivity index (χ1) is 13.5. The second-order valence-corrected chi connectivity index (χ2v) is 6.52. The van der Waals surface area contributed by atoms with Crippen molar-refractivity contribution < 1.29 is 9.53 Å². The second-order valence-electron chi connectivity index (χ2n) is 6.52. The first-order valence-electron chi connectivity index (χ1n) is 9.19. The molecule has 0 aliphatic rings. The number of para-hydroxylation sites is 1. The van der Waals surface area contributed by atoms with Crippen LogP contribution in [0.1, 0.15) is 23.6 Å². The summed E-state index contributed by atoms with van der Waals surface area (Å²) in [4.78, 5) is 12.7. The van der Waals surface area contributed by atoms with Crippen molar-refractivity contribution in [1.82, 2.24) is 0 Å². The van der Waals surface area contributed by atoms with E-state index >= 15 is 0 Å². The molecule has 0 fully saturated rings. The minimum absolute atomic E-state index is 0.0527. The number of carbonyl (C=O) groups excluding carboxylic acids is 1. The molecule has 140 valence electrons. The van der Waals surface area contributed by atoms with Crippen molar-refractivity contribution >= 4 is 28.4 Å². The Morgan fingerprint density at radius 1 is 1.04 bits per heavy atom. The number of nitriles is 1. The zero-order valence-electron chi connectivity index (χ0n) is 16.2. The van der Waals surface area contributed by atoms with E-state index in [-0.39, 0.29) is 5.57 Å². The van der Waals surface area contributed by atoms with Crippen LogP contribution in [0.5, 0.6) is 5.75 Å². The van der Waals surface area contributed by atoms with Gasteiger partial charge in [0.25, 0.3) is 5.91 Å². The van der Waals surface area contributed by atoms with Crippen molar-refractivity contribution in [3.63, 3.8) is 0 Å². The molecule has 1 N–H and O–H groups in total. The van der Waals surface area contributed by atoms with Crippen LogP contribution >= 0.6 is 0 Å². The van der Waals surface area contributed by atoms with Crippen molar-refractivity contribution in [3.05, 3.63) is 76.9 Å². The second kappa shape index (κ2) is 8.41. The highest BCUT2D eigenvalue weighted by Gasteiger charge is 2.14. The fourth-order valence-corrected chi connectivity index (χ4v) is 3.20. The summed E-state index contributed by atoms with van der Waals surface area (Å²) in [5.74, 6) is 0.367. The lowest BCUT2D eigenvalue weighted by atomic mass is 10.0. The van der Waals surface area contributed by atoms with Crippen molar-refractivity contribution in [1.29, 1.82) is 5.26 Å². The number of aryl methyl sites for hydroxylation is 2. The Morgan fingerprint density at radius 3 is 2.36 bits per heavy atom. The average molecular weight is 370 g/mol. The smallest absolute Gasteiger partial charge is 0.266 e. The molecule has 0 bridgehead atoms. The molecule has 0 heterocycles. The number of carbonyl (C=O) groups is 1. The SMILES string of the molecule is CCOc1ccc(/C=C(/C#N)C(=O)Nc2c(C)cccc2C)c2ccccc12. The fourth-order valence-electron chi connectivity index (χ4n) is 3.20. The molecule has 0 spiro atoms. The molecule has 4 heteroatoms. The predicted octanol–water partition coefficient (Wildman–Crippen LogP) is 5.40. The fraction of sp³-hybridized carbons (Fsp3) is 0.167. The number of nitrogens with zero attached hydrogens (tertiary/aromatic N) is 1. The third kappa shape index (κ3) is 3.89. The summed E-state index contributed by atoms with van der Waals surface area (Å²) in [6.45, 7) is 6.37. The molecule has 3 rings (SSSR count). The maximum Gasteiger partial charge on any atom is 0.266 e. The van der Waals surface area contributed by atoms with E-state index in [1.165, 1.54) is 0 Å². The molecule has 0 saturated heterocycles. The molecule has 0 aromatic heterocycles. The Hall–Kier alpha value is -3.58. The van der Waals surface area contributed by atoms with Gasteiger partial charge in [0.05, 0.1) is 6.61 Å². The normalized spacial score (nSPS) is 11.1. The number of fused-ring (bicyclic) bond motifs is 1. The Kier molecular flexibility index (Phi) is 5.76. The summed E-state index contributed by atoms with van der Waals surface area (Å²) < 4.78 is 5.69. The minimum Gasteiger partial charge on any atom is -0.493 e. The largest absolute Gasteiger partial charge is 0.493 e. The zero-order chi connectivity index (χ0) is 20.1. The third-order valence-corrected chi connectivity index (χ3v) is 4.60. The number of ether oxygens (including phenoxy) is 1. The van der Waals surface area contributed by atoms with Crippen molar-refractivity contribution in [2.75, 3.05) is 11.9 Å². The Morgan fingerprint density at radius 2 is 1.71 bits per heavy atom. The zero-order valence-corrected chi connectivity index (χ0v) is 16.2. The minimum atomic E-state index is -0.419. The topological polar surface area (TPSA) is 62.1 Å². The molecule has 28 heavy (non-hydrogen) atoms. The van der Waals surface area contributed by atoms with E-state index in [1.54, 1.807) is 6.08 Å². The molecular formula is C24H22N2O2. The molecule has 0 atom stereocenters. The summed E-state index contributed by atoms with van der Waals surface area (Å²) in [6, 6.07) is 19.4. The van der Waals surface area contributed by atoms with Gasteiger partial charge in [-0.25, -0.2) is 0 Å². The lowest BCUT2D eigenvalue weighted by molar-refractivity contribution is -0.112. The lowest BCUT2D eigenvalue weighted by Gasteiger charge is -2.12. The number of hydrogen-bond donors (Lipinski definition) is 1. The number of benzene rings is 3. The van der Waals surface area contributed by atoms with Gasteiger partial charge in [-0.15, -0.1) is 0 Å². The molecule has 0 saturated carbocycles. The van der Waals surface area contributed by atoms with Crippen LogP contribution in [-0.2, 0) is 4.79 Å². The summed E-state index contributed by atoms with van der Waals surface area (Å²) >= 11 is 0. The van der Waals surface area contributed by atoms with Gasteiger partial charge in [0.2, 0.25) is 0 Å². The molecule has 4 nitrogen and oxygen atoms in total. The highest BCUT2D eigenvalue weighted by Crippen LogP contribution is 2.30. The Balaban J connectivity index is 2.00. The first-order valence-corrected chi connectivity index (χ1v) is 9.19. The molecular weight excluding hydrogens is 348 g/mol. The summed E-state index contributed by atoms with van der Waals surface area (Å²) in [5, 5.41) is 14.3. The monoisotopic (exact) mass is 370 g/mol. The van der Waals surface area contributed by atoms with Crippen LogP contribution < -0.4 is 10.1 Å². The molecule has 0 unspecified atom stereocenters. The summed E-state index contributed by atoms with van der Waals surface area (Å²) in [6.07, 6.45) is 1.63. The van der Waals surface area contributed by atoms with Crippen LogP contribution in [0.4, 0.5) is 5.69 Å². The van der Waals surface area contributed by atoms with Crippen LogP contribution in [0.15, 0.2) is 60.2 Å².